The van der Waals surface area contributed by atoms with Crippen molar-refractivity contribution in [2.75, 3.05) is 13.1 Å². The van der Waals surface area contributed by atoms with Crippen molar-refractivity contribution in [1.82, 2.24) is 9.88 Å². The molecule has 3 rings (SSSR count). The number of carboxylic acids is 1. The first kappa shape index (κ1) is 19.0. The Kier molecular flexibility index (Phi) is 6.41. The third-order valence-electron chi connectivity index (χ3n) is 5.86. The molecule has 1 aliphatic carbocycles. The average Bonchev–Trinajstić information content (AvgIpc) is 2.59. The molecule has 2 heterocycles. The van der Waals surface area contributed by atoms with Gasteiger partial charge >= 0.3 is 5.97 Å². The van der Waals surface area contributed by atoms with Gasteiger partial charge in [0.05, 0.1) is 0 Å². The highest BCUT2D eigenvalue weighted by atomic mass is 16.4. The summed E-state index contributed by atoms with van der Waals surface area (Å²) in [7, 11) is 0. The molecule has 1 fully saturated rings. The Hall–Kier alpha value is -1.75. The van der Waals surface area contributed by atoms with Gasteiger partial charge in [0.2, 0.25) is 0 Å². The number of aromatic nitrogens is 1. The van der Waals surface area contributed by atoms with E-state index >= 15 is 0 Å². The van der Waals surface area contributed by atoms with Crippen molar-refractivity contribution >= 4 is 11.8 Å². The molecule has 1 N–H and O–H groups in total. The number of nitrogens with zero attached hydrogens (tertiary/aromatic N) is 2. The molecule has 2 aliphatic rings. The summed E-state index contributed by atoms with van der Waals surface area (Å²) in [5.41, 5.74) is 3.92. The molecule has 0 bridgehead atoms. The molecule has 142 valence electrons. The zero-order chi connectivity index (χ0) is 18.5. The van der Waals surface area contributed by atoms with Crippen LogP contribution in [0.2, 0.25) is 0 Å². The summed E-state index contributed by atoms with van der Waals surface area (Å²) < 4.78 is 0. The Morgan fingerprint density at radius 3 is 2.73 bits per heavy atom. The minimum atomic E-state index is -0.813. The van der Waals surface area contributed by atoms with Gasteiger partial charge in [0.15, 0.2) is 0 Å². The number of carbonyl (C=O) groups is 2. The lowest BCUT2D eigenvalue weighted by molar-refractivity contribution is -0.148. The number of Topliss-reactive ketones (excluding diaryl/α,β-unsaturated/α-hetero) is 1. The largest absolute Gasteiger partial charge is 0.480 e. The minimum absolute atomic E-state index is 0.0408. The highest BCUT2D eigenvalue weighted by Crippen LogP contribution is 2.22. The van der Waals surface area contributed by atoms with Gasteiger partial charge in [-0.1, -0.05) is 12.5 Å². The monoisotopic (exact) mass is 358 g/mol. The van der Waals surface area contributed by atoms with Gasteiger partial charge in [-0.25, -0.2) is 0 Å². The number of hydrogen-bond acceptors (Lipinski definition) is 4. The zero-order valence-electron chi connectivity index (χ0n) is 15.7. The fraction of sp³-hybridized carbons (Fsp3) is 0.667. The smallest absolute Gasteiger partial charge is 0.320 e. The molecule has 1 atom stereocenters. The lowest BCUT2D eigenvalue weighted by atomic mass is 9.90. The summed E-state index contributed by atoms with van der Waals surface area (Å²) in [6, 6.07) is 3.94. The molecule has 0 saturated carbocycles. The molecule has 1 aliphatic heterocycles. The van der Waals surface area contributed by atoms with E-state index in [9.17, 15) is 9.59 Å². The highest BCUT2D eigenvalue weighted by molar-refractivity contribution is 5.82. The van der Waals surface area contributed by atoms with Crippen LogP contribution >= 0.6 is 0 Å². The predicted octanol–water partition coefficient (Wildman–Crippen LogP) is 3.04. The van der Waals surface area contributed by atoms with Crippen LogP contribution in [0.5, 0.6) is 0 Å². The summed E-state index contributed by atoms with van der Waals surface area (Å²) in [5.74, 6) is -0.475. The first-order valence-corrected chi connectivity index (χ1v) is 10.0. The summed E-state index contributed by atoms with van der Waals surface area (Å²) in [6.45, 7) is 2.88. The standard InChI is InChI=1S/C21H30N2O3/c1-15(21(25)26)23-13-17(14-23)20(24)10-4-2-3-8-18-12-11-16-7-5-6-9-19(16)22-18/h11-12,15,17H,2-10,13-14H2,1H3,(H,25,26). The molecule has 5 nitrogen and oxygen atoms in total. The van der Waals surface area contributed by atoms with Gasteiger partial charge in [0, 0.05) is 36.8 Å². The van der Waals surface area contributed by atoms with Crippen LogP contribution in [0.4, 0.5) is 0 Å². The van der Waals surface area contributed by atoms with Gasteiger partial charge in [-0.15, -0.1) is 0 Å². The fourth-order valence-electron chi connectivity index (χ4n) is 3.94. The van der Waals surface area contributed by atoms with Crippen molar-refractivity contribution in [3.8, 4) is 0 Å². The number of hydrogen-bond donors (Lipinski definition) is 1. The van der Waals surface area contributed by atoms with Crippen LogP contribution in [0.25, 0.3) is 0 Å². The fourth-order valence-corrected chi connectivity index (χ4v) is 3.94. The minimum Gasteiger partial charge on any atom is -0.480 e. The molecule has 0 radical (unpaired) electrons. The molecule has 5 heteroatoms. The molecule has 1 aromatic heterocycles. The van der Waals surface area contributed by atoms with E-state index < -0.39 is 12.0 Å². The summed E-state index contributed by atoms with van der Waals surface area (Å²) in [4.78, 5) is 29.8. The number of pyridine rings is 1. The molecular weight excluding hydrogens is 328 g/mol. The van der Waals surface area contributed by atoms with Crippen molar-refractivity contribution in [2.24, 2.45) is 5.92 Å². The first-order valence-electron chi connectivity index (χ1n) is 10.0. The Bertz CT molecular complexity index is 653. The number of aryl methyl sites for hydroxylation is 3. The number of ketones is 1. The van der Waals surface area contributed by atoms with Crippen LogP contribution in [0.3, 0.4) is 0 Å². The predicted molar refractivity (Wildman–Crippen MR) is 100 cm³/mol. The molecule has 26 heavy (non-hydrogen) atoms. The summed E-state index contributed by atoms with van der Waals surface area (Å²) in [6.07, 6.45) is 9.51. The van der Waals surface area contributed by atoms with Crippen LogP contribution in [-0.4, -0.2) is 45.9 Å². The van der Waals surface area contributed by atoms with Gasteiger partial charge in [-0.2, -0.15) is 0 Å². The molecule has 0 amide bonds. The number of carboxylic acid groups (broad SMARTS) is 1. The normalized spacial score (nSPS) is 18.8. The van der Waals surface area contributed by atoms with Crippen LogP contribution in [-0.2, 0) is 28.9 Å². The Morgan fingerprint density at radius 2 is 1.96 bits per heavy atom. The van der Waals surface area contributed by atoms with Gasteiger partial charge in [0.1, 0.15) is 11.8 Å². The molecular formula is C21H30N2O3. The van der Waals surface area contributed by atoms with Crippen LogP contribution in [0.1, 0.15) is 62.4 Å². The van der Waals surface area contributed by atoms with E-state index in [1.807, 2.05) is 4.90 Å². The number of fused-ring (bicyclic) bond motifs is 1. The second kappa shape index (κ2) is 8.76. The number of aliphatic carboxylic acids is 1. The van der Waals surface area contributed by atoms with Crippen LogP contribution in [0, 0.1) is 5.92 Å². The summed E-state index contributed by atoms with van der Waals surface area (Å²) in [5, 5.41) is 8.97. The Labute approximate surface area is 155 Å². The third-order valence-corrected chi connectivity index (χ3v) is 5.86. The van der Waals surface area contributed by atoms with E-state index in [1.165, 1.54) is 36.2 Å². The van der Waals surface area contributed by atoms with Crippen LogP contribution in [0.15, 0.2) is 12.1 Å². The maximum absolute atomic E-state index is 12.2. The van der Waals surface area contributed by atoms with E-state index in [-0.39, 0.29) is 5.92 Å². The zero-order valence-corrected chi connectivity index (χ0v) is 15.7. The van der Waals surface area contributed by atoms with Gasteiger partial charge in [0.25, 0.3) is 0 Å². The number of unbranched alkanes of at least 4 members (excludes halogenated alkanes) is 2. The molecule has 0 aromatic carbocycles. The van der Waals surface area contributed by atoms with Gasteiger partial charge in [-0.05, 0) is 63.5 Å². The quantitative estimate of drug-likeness (QED) is 0.687. The lowest BCUT2D eigenvalue weighted by Crippen LogP contribution is -2.56. The van der Waals surface area contributed by atoms with E-state index in [1.54, 1.807) is 6.92 Å². The molecule has 0 spiro atoms. The maximum atomic E-state index is 12.2. The number of carbonyl (C=O) groups excluding carboxylic acids is 1. The number of likely N-dealkylation sites (tertiary alicyclic amines) is 1. The van der Waals surface area contributed by atoms with Crippen molar-refractivity contribution < 1.29 is 14.7 Å². The average molecular weight is 358 g/mol. The van der Waals surface area contributed by atoms with Crippen molar-refractivity contribution in [2.45, 2.75) is 70.8 Å². The van der Waals surface area contributed by atoms with Gasteiger partial charge in [-0.3, -0.25) is 19.5 Å². The lowest BCUT2D eigenvalue weighted by Gasteiger charge is -2.40. The van der Waals surface area contributed by atoms with E-state index in [4.69, 9.17) is 10.1 Å². The second-order valence-electron chi connectivity index (χ2n) is 7.81. The molecule has 1 unspecified atom stereocenters. The van der Waals surface area contributed by atoms with Gasteiger partial charge < -0.3 is 5.11 Å². The van der Waals surface area contributed by atoms with Crippen LogP contribution < -0.4 is 0 Å². The second-order valence-corrected chi connectivity index (χ2v) is 7.81. The topological polar surface area (TPSA) is 70.5 Å². The van der Waals surface area contributed by atoms with Crippen molar-refractivity contribution in [3.05, 3.63) is 29.1 Å². The maximum Gasteiger partial charge on any atom is 0.320 e. The van der Waals surface area contributed by atoms with E-state index in [0.29, 0.717) is 25.3 Å². The number of rotatable bonds is 9. The van der Waals surface area contributed by atoms with Crippen molar-refractivity contribution in [1.29, 1.82) is 0 Å². The van der Waals surface area contributed by atoms with Crippen molar-refractivity contribution in [3.63, 3.8) is 0 Å². The third kappa shape index (κ3) is 4.70. The SMILES string of the molecule is CC(C(=O)O)N1CC(C(=O)CCCCCc2ccc3c(n2)CCCC3)C1. The first-order chi connectivity index (χ1) is 12.5. The Morgan fingerprint density at radius 1 is 1.19 bits per heavy atom. The molecule has 1 saturated heterocycles. The Balaban J connectivity index is 1.30. The molecule has 1 aromatic rings. The highest BCUT2D eigenvalue weighted by Gasteiger charge is 2.36. The summed E-state index contributed by atoms with van der Waals surface area (Å²) >= 11 is 0. The van der Waals surface area contributed by atoms with E-state index in [2.05, 4.69) is 12.1 Å². The van der Waals surface area contributed by atoms with E-state index in [0.717, 1.165) is 32.1 Å².